The third kappa shape index (κ3) is 3.46. The second-order valence-corrected chi connectivity index (χ2v) is 5.72. The van der Waals surface area contributed by atoms with Gasteiger partial charge in [0, 0.05) is 31.2 Å². The van der Waals surface area contributed by atoms with Crippen LogP contribution in [0, 0.1) is 5.92 Å². The summed E-state index contributed by atoms with van der Waals surface area (Å²) in [5.74, 6) is 0.819. The largest absolute Gasteiger partial charge is 0.311 e. The number of hydrogen-bond acceptors (Lipinski definition) is 2. The maximum absolute atomic E-state index is 3.64. The topological polar surface area (TPSA) is 15.3 Å². The summed E-state index contributed by atoms with van der Waals surface area (Å²) in [7, 11) is 0. The lowest BCUT2D eigenvalue weighted by Gasteiger charge is -2.47. The van der Waals surface area contributed by atoms with Crippen LogP contribution in [0.4, 0.5) is 0 Å². The first-order valence-electron chi connectivity index (χ1n) is 6.48. The van der Waals surface area contributed by atoms with Crippen molar-refractivity contribution in [1.29, 1.82) is 0 Å². The van der Waals surface area contributed by atoms with E-state index in [1.807, 2.05) is 0 Å². The molecule has 15 heavy (non-hydrogen) atoms. The maximum atomic E-state index is 3.64. The van der Waals surface area contributed by atoms with E-state index in [2.05, 4.69) is 44.8 Å². The summed E-state index contributed by atoms with van der Waals surface area (Å²) in [6.45, 7) is 15.2. The number of rotatable bonds is 4. The molecule has 2 unspecified atom stereocenters. The van der Waals surface area contributed by atoms with Crippen LogP contribution in [0.2, 0.25) is 0 Å². The molecule has 2 atom stereocenters. The molecule has 1 rings (SSSR count). The highest BCUT2D eigenvalue weighted by atomic mass is 15.3. The molecule has 1 aliphatic rings. The van der Waals surface area contributed by atoms with Gasteiger partial charge in [0.25, 0.3) is 0 Å². The van der Waals surface area contributed by atoms with E-state index in [1.165, 1.54) is 25.9 Å². The second-order valence-electron chi connectivity index (χ2n) is 5.72. The van der Waals surface area contributed by atoms with Crippen molar-refractivity contribution >= 4 is 0 Å². The highest BCUT2D eigenvalue weighted by Gasteiger charge is 2.33. The molecule has 0 saturated carbocycles. The standard InChI is InChI=1S/C13H28N2/c1-6-11(3)8-15-9-12(7-2)14-10-13(15,4)5/h11-12,14H,6-10H2,1-5H3. The fraction of sp³-hybridized carbons (Fsp3) is 1.00. The molecule has 0 aromatic carbocycles. The average Bonchev–Trinajstić information content (AvgIpc) is 2.21. The number of piperazine rings is 1. The number of nitrogens with zero attached hydrogens (tertiary/aromatic N) is 1. The van der Waals surface area contributed by atoms with E-state index in [0.717, 1.165) is 12.5 Å². The molecule has 0 bridgehead atoms. The SMILES string of the molecule is CCC(C)CN1CC(CC)NCC1(C)C. The van der Waals surface area contributed by atoms with Crippen molar-refractivity contribution in [2.45, 2.75) is 59.0 Å². The lowest BCUT2D eigenvalue weighted by atomic mass is 9.94. The average molecular weight is 212 g/mol. The molecule has 1 aliphatic heterocycles. The number of nitrogens with one attached hydrogen (secondary N) is 1. The molecule has 1 saturated heterocycles. The van der Waals surface area contributed by atoms with Crippen molar-refractivity contribution in [2.24, 2.45) is 5.92 Å². The smallest absolute Gasteiger partial charge is 0.0278 e. The van der Waals surface area contributed by atoms with Gasteiger partial charge in [-0.05, 0) is 26.2 Å². The van der Waals surface area contributed by atoms with E-state index in [0.29, 0.717) is 11.6 Å². The zero-order valence-corrected chi connectivity index (χ0v) is 11.1. The molecular weight excluding hydrogens is 184 g/mol. The van der Waals surface area contributed by atoms with E-state index in [4.69, 9.17) is 0 Å². The van der Waals surface area contributed by atoms with Gasteiger partial charge in [0.2, 0.25) is 0 Å². The monoisotopic (exact) mass is 212 g/mol. The van der Waals surface area contributed by atoms with Crippen LogP contribution in [-0.2, 0) is 0 Å². The Balaban J connectivity index is 2.56. The fourth-order valence-electron chi connectivity index (χ4n) is 2.18. The minimum absolute atomic E-state index is 0.328. The normalized spacial score (nSPS) is 29.0. The highest BCUT2D eigenvalue weighted by molar-refractivity contribution is 4.92. The molecule has 0 aliphatic carbocycles. The Kier molecular flexibility index (Phi) is 4.60. The Labute approximate surface area is 95.4 Å². The van der Waals surface area contributed by atoms with Crippen LogP contribution in [0.5, 0.6) is 0 Å². The fourth-order valence-corrected chi connectivity index (χ4v) is 2.18. The van der Waals surface area contributed by atoms with Gasteiger partial charge in [-0.15, -0.1) is 0 Å². The van der Waals surface area contributed by atoms with Crippen LogP contribution in [0.1, 0.15) is 47.5 Å². The Morgan fingerprint density at radius 2 is 2.07 bits per heavy atom. The molecular formula is C13H28N2. The van der Waals surface area contributed by atoms with Gasteiger partial charge in [0.05, 0.1) is 0 Å². The molecule has 0 spiro atoms. The summed E-state index contributed by atoms with van der Waals surface area (Å²) in [5, 5.41) is 3.64. The zero-order valence-electron chi connectivity index (χ0n) is 11.1. The third-order valence-corrected chi connectivity index (χ3v) is 3.84. The summed E-state index contributed by atoms with van der Waals surface area (Å²) in [6, 6.07) is 0.696. The first-order valence-corrected chi connectivity index (χ1v) is 6.48. The van der Waals surface area contributed by atoms with Crippen LogP contribution < -0.4 is 5.32 Å². The Morgan fingerprint density at radius 1 is 1.40 bits per heavy atom. The van der Waals surface area contributed by atoms with Crippen LogP contribution in [0.25, 0.3) is 0 Å². The maximum Gasteiger partial charge on any atom is 0.0278 e. The van der Waals surface area contributed by atoms with Crippen LogP contribution >= 0.6 is 0 Å². The van der Waals surface area contributed by atoms with Crippen LogP contribution in [-0.4, -0.2) is 36.1 Å². The summed E-state index contributed by atoms with van der Waals surface area (Å²) < 4.78 is 0. The van der Waals surface area contributed by atoms with Crippen LogP contribution in [0.15, 0.2) is 0 Å². The first kappa shape index (κ1) is 13.0. The van der Waals surface area contributed by atoms with Crippen molar-refractivity contribution < 1.29 is 0 Å². The minimum Gasteiger partial charge on any atom is -0.311 e. The van der Waals surface area contributed by atoms with Crippen molar-refractivity contribution in [3.8, 4) is 0 Å². The van der Waals surface area contributed by atoms with E-state index in [1.54, 1.807) is 0 Å². The van der Waals surface area contributed by atoms with Gasteiger partial charge in [-0.1, -0.05) is 27.2 Å². The van der Waals surface area contributed by atoms with Gasteiger partial charge < -0.3 is 5.32 Å². The molecule has 0 aromatic heterocycles. The molecule has 1 heterocycles. The lowest BCUT2D eigenvalue weighted by molar-refractivity contribution is 0.0515. The van der Waals surface area contributed by atoms with Crippen LogP contribution in [0.3, 0.4) is 0 Å². The third-order valence-electron chi connectivity index (χ3n) is 3.84. The molecule has 1 fully saturated rings. The van der Waals surface area contributed by atoms with E-state index < -0.39 is 0 Å². The van der Waals surface area contributed by atoms with E-state index >= 15 is 0 Å². The van der Waals surface area contributed by atoms with Gasteiger partial charge >= 0.3 is 0 Å². The second kappa shape index (κ2) is 5.31. The number of hydrogen-bond donors (Lipinski definition) is 1. The predicted molar refractivity (Wildman–Crippen MR) is 67.2 cm³/mol. The van der Waals surface area contributed by atoms with Crippen molar-refractivity contribution in [3.05, 3.63) is 0 Å². The molecule has 0 amide bonds. The van der Waals surface area contributed by atoms with Crippen molar-refractivity contribution in [2.75, 3.05) is 19.6 Å². The first-order chi connectivity index (χ1) is 6.99. The molecule has 2 heteroatoms. The summed E-state index contributed by atoms with van der Waals surface area (Å²) in [6.07, 6.45) is 2.53. The lowest BCUT2D eigenvalue weighted by Crippen LogP contribution is -2.62. The Hall–Kier alpha value is -0.0800. The van der Waals surface area contributed by atoms with Gasteiger partial charge in [0.15, 0.2) is 0 Å². The minimum atomic E-state index is 0.328. The van der Waals surface area contributed by atoms with Gasteiger partial charge in [-0.2, -0.15) is 0 Å². The summed E-state index contributed by atoms with van der Waals surface area (Å²) in [5.41, 5.74) is 0.328. The van der Waals surface area contributed by atoms with Gasteiger partial charge in [0.1, 0.15) is 0 Å². The quantitative estimate of drug-likeness (QED) is 0.770. The molecule has 90 valence electrons. The predicted octanol–water partition coefficient (Wildman–Crippen LogP) is 2.49. The van der Waals surface area contributed by atoms with E-state index in [9.17, 15) is 0 Å². The van der Waals surface area contributed by atoms with Gasteiger partial charge in [-0.25, -0.2) is 0 Å². The molecule has 2 nitrogen and oxygen atoms in total. The zero-order chi connectivity index (χ0) is 11.5. The van der Waals surface area contributed by atoms with Gasteiger partial charge in [-0.3, -0.25) is 4.90 Å². The summed E-state index contributed by atoms with van der Waals surface area (Å²) in [4.78, 5) is 2.67. The Bertz CT molecular complexity index is 187. The summed E-state index contributed by atoms with van der Waals surface area (Å²) >= 11 is 0. The Morgan fingerprint density at radius 3 is 2.60 bits per heavy atom. The van der Waals surface area contributed by atoms with E-state index in [-0.39, 0.29) is 0 Å². The molecule has 0 radical (unpaired) electrons. The highest BCUT2D eigenvalue weighted by Crippen LogP contribution is 2.21. The van der Waals surface area contributed by atoms with Crippen molar-refractivity contribution in [3.63, 3.8) is 0 Å². The molecule has 0 aromatic rings. The molecule has 1 N–H and O–H groups in total. The van der Waals surface area contributed by atoms with Crippen molar-refractivity contribution in [1.82, 2.24) is 10.2 Å².